The molecule has 1 aliphatic carbocycles. The van der Waals surface area contributed by atoms with E-state index in [9.17, 15) is 24.9 Å². The predicted octanol–water partition coefficient (Wildman–Crippen LogP) is 5.09. The number of aromatic hydroxyl groups is 1. The molecular formula is C32H38INO7. The number of amides is 2. The van der Waals surface area contributed by atoms with Crippen molar-refractivity contribution in [2.75, 3.05) is 32.3 Å². The monoisotopic (exact) mass is 675 g/mol. The van der Waals surface area contributed by atoms with Crippen LogP contribution in [0.3, 0.4) is 0 Å². The standard InChI is InChI=1S/C32H38INO7/c1-4-8-19(13-20-14-25(33)30(37)27(15-20)41-3)11-12-26(36)28-21(18-40-2)16-23-29(24(28)17-35)32(39)34(31(23)38)22-9-6-5-7-10-22/h5-7,9-10,13-15,23-24,26,29,35-37H,4,8,11-12,16-18H2,1-3H3/b19-13+/t23-,24+,26-,29-/m1/s1. The van der Waals surface area contributed by atoms with Crippen LogP contribution >= 0.6 is 22.6 Å². The van der Waals surface area contributed by atoms with Crippen molar-refractivity contribution in [3.63, 3.8) is 0 Å². The lowest BCUT2D eigenvalue weighted by molar-refractivity contribution is -0.123. The van der Waals surface area contributed by atoms with Crippen molar-refractivity contribution in [2.45, 2.75) is 45.1 Å². The van der Waals surface area contributed by atoms with E-state index < -0.39 is 23.9 Å². The molecule has 4 atom stereocenters. The third-order valence-electron chi connectivity index (χ3n) is 8.02. The van der Waals surface area contributed by atoms with E-state index in [2.05, 4.69) is 35.6 Å². The highest BCUT2D eigenvalue weighted by molar-refractivity contribution is 14.1. The van der Waals surface area contributed by atoms with E-state index in [0.717, 1.165) is 29.6 Å². The Labute approximate surface area is 254 Å². The summed E-state index contributed by atoms with van der Waals surface area (Å²) >= 11 is 2.07. The Kier molecular flexibility index (Phi) is 10.6. The summed E-state index contributed by atoms with van der Waals surface area (Å²) in [6.07, 6.45) is 4.17. The summed E-state index contributed by atoms with van der Waals surface area (Å²) in [6, 6.07) is 12.5. The van der Waals surface area contributed by atoms with Crippen LogP contribution in [0.4, 0.5) is 5.69 Å². The number of imide groups is 1. The zero-order valence-corrected chi connectivity index (χ0v) is 25.8. The SMILES string of the molecule is CCC/C(=C\c1cc(I)c(O)c(OC)c1)CC[C@@H](O)C1=C(COC)C[C@H]2C(=O)N(c3ccccc3)C(=O)[C@H]2[C@H]1CO. The van der Waals surface area contributed by atoms with Gasteiger partial charge in [-0.25, -0.2) is 0 Å². The van der Waals surface area contributed by atoms with Crippen LogP contribution in [0, 0.1) is 21.3 Å². The van der Waals surface area contributed by atoms with Crippen molar-refractivity contribution < 1.29 is 34.4 Å². The lowest BCUT2D eigenvalue weighted by Gasteiger charge is -2.36. The number of methoxy groups -OCH3 is 2. The van der Waals surface area contributed by atoms with Gasteiger partial charge in [0, 0.05) is 13.0 Å². The number of nitrogens with zero attached hydrogens (tertiary/aromatic N) is 1. The van der Waals surface area contributed by atoms with E-state index in [4.69, 9.17) is 9.47 Å². The summed E-state index contributed by atoms with van der Waals surface area (Å²) in [5, 5.41) is 32.3. The molecule has 0 bridgehead atoms. The van der Waals surface area contributed by atoms with Crippen LogP contribution in [0.2, 0.25) is 0 Å². The summed E-state index contributed by atoms with van der Waals surface area (Å²) in [7, 11) is 3.08. The number of rotatable bonds is 12. The number of hydrogen-bond acceptors (Lipinski definition) is 7. The molecule has 2 aliphatic rings. The average Bonchev–Trinajstić information content (AvgIpc) is 3.22. The molecule has 41 heavy (non-hydrogen) atoms. The number of phenols is 1. The zero-order chi connectivity index (χ0) is 29.7. The fraction of sp³-hybridized carbons (Fsp3) is 0.438. The maximum Gasteiger partial charge on any atom is 0.238 e. The number of para-hydroxylation sites is 1. The van der Waals surface area contributed by atoms with Gasteiger partial charge in [-0.05, 0) is 89.2 Å². The fourth-order valence-corrected chi connectivity index (χ4v) is 6.86. The second-order valence-corrected chi connectivity index (χ2v) is 11.8. The van der Waals surface area contributed by atoms with Crippen molar-refractivity contribution in [1.29, 1.82) is 0 Å². The number of carbonyl (C=O) groups excluding carboxylic acids is 2. The third-order valence-corrected chi connectivity index (χ3v) is 8.85. The van der Waals surface area contributed by atoms with Crippen LogP contribution in [0.15, 0.2) is 59.2 Å². The first-order chi connectivity index (χ1) is 19.7. The van der Waals surface area contributed by atoms with Gasteiger partial charge in [-0.3, -0.25) is 14.5 Å². The Bertz CT molecular complexity index is 1320. The fourth-order valence-electron chi connectivity index (χ4n) is 6.23. The second kappa shape index (κ2) is 14.0. The van der Waals surface area contributed by atoms with Crippen molar-refractivity contribution in [2.24, 2.45) is 17.8 Å². The number of halogens is 1. The molecule has 0 unspecified atom stereocenters. The molecule has 4 rings (SSSR count). The smallest absolute Gasteiger partial charge is 0.238 e. The highest BCUT2D eigenvalue weighted by Crippen LogP contribution is 2.47. The molecule has 1 fully saturated rings. The van der Waals surface area contributed by atoms with E-state index in [1.54, 1.807) is 37.4 Å². The summed E-state index contributed by atoms with van der Waals surface area (Å²) < 4.78 is 11.4. The van der Waals surface area contributed by atoms with Crippen LogP contribution in [-0.2, 0) is 14.3 Å². The largest absolute Gasteiger partial charge is 0.504 e. The molecule has 3 N–H and O–H groups in total. The Hall–Kier alpha value is -2.73. The van der Waals surface area contributed by atoms with Crippen LogP contribution in [0.25, 0.3) is 6.08 Å². The lowest BCUT2D eigenvalue weighted by Crippen LogP contribution is -2.39. The number of anilines is 1. The van der Waals surface area contributed by atoms with Gasteiger partial charge < -0.3 is 24.8 Å². The number of allylic oxidation sites excluding steroid dienone is 1. The molecule has 2 amide bonds. The minimum absolute atomic E-state index is 0.103. The molecule has 1 heterocycles. The molecule has 1 saturated heterocycles. The lowest BCUT2D eigenvalue weighted by atomic mass is 9.68. The summed E-state index contributed by atoms with van der Waals surface area (Å²) in [6.45, 7) is 1.95. The highest BCUT2D eigenvalue weighted by Gasteiger charge is 2.55. The number of phenolic OH excluding ortho intramolecular Hbond substituents is 1. The number of aliphatic hydroxyl groups is 2. The van der Waals surface area contributed by atoms with Gasteiger partial charge in [0.25, 0.3) is 0 Å². The van der Waals surface area contributed by atoms with Crippen molar-refractivity contribution in [1.82, 2.24) is 0 Å². The molecule has 0 saturated carbocycles. The van der Waals surface area contributed by atoms with Crippen LogP contribution in [-0.4, -0.2) is 60.7 Å². The number of fused-ring (bicyclic) bond motifs is 1. The van der Waals surface area contributed by atoms with E-state index >= 15 is 0 Å². The first kappa shape index (κ1) is 31.2. The Morgan fingerprint density at radius 3 is 2.51 bits per heavy atom. The highest BCUT2D eigenvalue weighted by atomic mass is 127. The summed E-state index contributed by atoms with van der Waals surface area (Å²) in [5.74, 6) is -2.14. The van der Waals surface area contributed by atoms with Gasteiger partial charge in [0.05, 0.1) is 47.5 Å². The maximum absolute atomic E-state index is 13.6. The molecule has 0 aromatic heterocycles. The number of hydrogen-bond donors (Lipinski definition) is 3. The first-order valence-electron chi connectivity index (χ1n) is 13.9. The van der Waals surface area contributed by atoms with Gasteiger partial charge in [-0.15, -0.1) is 0 Å². The predicted molar refractivity (Wildman–Crippen MR) is 166 cm³/mol. The third kappa shape index (κ3) is 6.53. The molecule has 1 aliphatic heterocycles. The van der Waals surface area contributed by atoms with E-state index in [-0.39, 0.29) is 30.8 Å². The zero-order valence-electron chi connectivity index (χ0n) is 23.7. The molecular weight excluding hydrogens is 637 g/mol. The molecule has 2 aromatic rings. The molecule has 9 heteroatoms. The van der Waals surface area contributed by atoms with Crippen molar-refractivity contribution in [3.05, 3.63) is 68.3 Å². The maximum atomic E-state index is 13.6. The van der Waals surface area contributed by atoms with Gasteiger partial charge in [0.15, 0.2) is 11.5 Å². The van der Waals surface area contributed by atoms with Crippen molar-refractivity contribution >= 4 is 46.2 Å². The molecule has 0 radical (unpaired) electrons. The van der Waals surface area contributed by atoms with Crippen LogP contribution in [0.5, 0.6) is 11.5 Å². The summed E-state index contributed by atoms with van der Waals surface area (Å²) in [5.41, 5.74) is 3.92. The average molecular weight is 676 g/mol. The minimum Gasteiger partial charge on any atom is -0.504 e. The van der Waals surface area contributed by atoms with Crippen LogP contribution in [0.1, 0.15) is 44.6 Å². The molecule has 220 valence electrons. The van der Waals surface area contributed by atoms with E-state index in [1.165, 1.54) is 12.0 Å². The van der Waals surface area contributed by atoms with Gasteiger partial charge in [0.2, 0.25) is 11.8 Å². The normalized spacial score (nSPS) is 21.9. The van der Waals surface area contributed by atoms with Gasteiger partial charge in [0.1, 0.15) is 0 Å². The molecule has 8 nitrogen and oxygen atoms in total. The molecule has 0 spiro atoms. The van der Waals surface area contributed by atoms with E-state index in [0.29, 0.717) is 39.8 Å². The Morgan fingerprint density at radius 2 is 1.88 bits per heavy atom. The molecule has 2 aromatic carbocycles. The number of aliphatic hydroxyl groups excluding tert-OH is 2. The van der Waals surface area contributed by atoms with Crippen LogP contribution < -0.4 is 9.64 Å². The number of ether oxygens (including phenoxy) is 2. The van der Waals surface area contributed by atoms with Gasteiger partial charge in [-0.1, -0.05) is 43.2 Å². The second-order valence-electron chi connectivity index (χ2n) is 10.6. The van der Waals surface area contributed by atoms with Gasteiger partial charge >= 0.3 is 0 Å². The Balaban J connectivity index is 1.61. The first-order valence-corrected chi connectivity index (χ1v) is 15.0. The van der Waals surface area contributed by atoms with E-state index in [1.807, 2.05) is 12.1 Å². The quantitative estimate of drug-likeness (QED) is 0.163. The van der Waals surface area contributed by atoms with Crippen molar-refractivity contribution in [3.8, 4) is 11.5 Å². The topological polar surface area (TPSA) is 117 Å². The van der Waals surface area contributed by atoms with Gasteiger partial charge in [-0.2, -0.15) is 0 Å². The minimum atomic E-state index is -0.915. The number of benzene rings is 2. The Morgan fingerprint density at radius 1 is 1.15 bits per heavy atom. The number of carbonyl (C=O) groups is 2. The summed E-state index contributed by atoms with van der Waals surface area (Å²) in [4.78, 5) is 28.3.